The number of nitrogens with zero attached hydrogens (tertiary/aromatic N) is 6. The Morgan fingerprint density at radius 3 is 2.58 bits per heavy atom. The van der Waals surface area contributed by atoms with Crippen LogP contribution in [0.4, 0.5) is 14.5 Å². The Hall–Kier alpha value is -3.21. The minimum Gasteiger partial charge on any atom is -0.415 e. The molecule has 31 heavy (non-hydrogen) atoms. The van der Waals surface area contributed by atoms with E-state index in [2.05, 4.69) is 20.3 Å². The molecular weight excluding hydrogens is 426 g/mol. The first-order valence-electron chi connectivity index (χ1n) is 9.42. The van der Waals surface area contributed by atoms with Crippen LogP contribution in [0.3, 0.4) is 0 Å². The highest BCUT2D eigenvalue weighted by molar-refractivity contribution is 7.86. The number of hydrogen-bond donors (Lipinski definition) is 0. The molecule has 1 unspecified atom stereocenters. The van der Waals surface area contributed by atoms with Crippen molar-refractivity contribution in [1.82, 2.24) is 20.2 Å². The summed E-state index contributed by atoms with van der Waals surface area (Å²) in [7, 11) is 2.35. The van der Waals surface area contributed by atoms with Crippen molar-refractivity contribution in [2.75, 3.05) is 24.2 Å². The van der Waals surface area contributed by atoms with Crippen LogP contribution in [0.25, 0.3) is 11.5 Å². The largest absolute Gasteiger partial charge is 0.415 e. The van der Waals surface area contributed by atoms with E-state index in [1.54, 1.807) is 27.7 Å². The summed E-state index contributed by atoms with van der Waals surface area (Å²) in [6.45, 7) is 2.12. The van der Waals surface area contributed by atoms with Gasteiger partial charge in [0.05, 0.1) is 29.7 Å². The molecule has 3 aromatic rings. The van der Waals surface area contributed by atoms with Crippen molar-refractivity contribution < 1.29 is 17.4 Å². The minimum atomic E-state index is -2.83. The van der Waals surface area contributed by atoms with Crippen molar-refractivity contribution in [2.45, 2.75) is 19.9 Å². The fraction of sp³-hybridized carbons (Fsp3) is 0.300. The van der Waals surface area contributed by atoms with Gasteiger partial charge in [0.15, 0.2) is 0 Å². The molecule has 0 N–H and O–H groups in total. The quantitative estimate of drug-likeness (QED) is 0.367. The van der Waals surface area contributed by atoms with Gasteiger partial charge < -0.3 is 9.43 Å². The molecule has 3 rings (SSSR count). The van der Waals surface area contributed by atoms with Crippen molar-refractivity contribution in [1.29, 1.82) is 0 Å². The fourth-order valence-corrected chi connectivity index (χ4v) is 3.63. The van der Waals surface area contributed by atoms with Crippen LogP contribution in [0.1, 0.15) is 30.5 Å². The zero-order chi connectivity index (χ0) is 22.4. The standard InChI is InChI=1S/C20H22F2N6O2S/c1-4-31(29)28(17-8-6-5-7-14(17)12-24-27(2)3)13-16-10-9-15(11-23-16)19-25-26-20(30-19)18(21)22/h5-12,18H,4,13H2,1-3H3/b24-12-. The molecule has 1 aromatic carbocycles. The molecule has 0 aliphatic carbocycles. The first-order valence-corrected chi connectivity index (χ1v) is 10.7. The van der Waals surface area contributed by atoms with E-state index < -0.39 is 23.3 Å². The molecule has 0 aliphatic heterocycles. The maximum atomic E-state index is 12.8. The Morgan fingerprint density at radius 1 is 1.19 bits per heavy atom. The summed E-state index contributed by atoms with van der Waals surface area (Å²) in [5.74, 6) is -0.344. The smallest absolute Gasteiger partial charge is 0.314 e. The number of para-hydroxylation sites is 1. The predicted octanol–water partition coefficient (Wildman–Crippen LogP) is 3.65. The lowest BCUT2D eigenvalue weighted by atomic mass is 10.2. The number of aromatic nitrogens is 3. The van der Waals surface area contributed by atoms with E-state index in [1.165, 1.54) is 6.20 Å². The molecule has 0 aliphatic rings. The Morgan fingerprint density at radius 2 is 1.97 bits per heavy atom. The van der Waals surface area contributed by atoms with Crippen molar-refractivity contribution in [2.24, 2.45) is 5.10 Å². The highest BCUT2D eigenvalue weighted by Crippen LogP contribution is 2.25. The van der Waals surface area contributed by atoms with E-state index in [4.69, 9.17) is 4.42 Å². The summed E-state index contributed by atoms with van der Waals surface area (Å²) in [4.78, 5) is 4.36. The van der Waals surface area contributed by atoms with Gasteiger partial charge in [0.2, 0.25) is 5.89 Å². The third-order valence-electron chi connectivity index (χ3n) is 4.13. The van der Waals surface area contributed by atoms with E-state index in [-0.39, 0.29) is 12.4 Å². The molecular formula is C20H22F2N6O2S. The maximum Gasteiger partial charge on any atom is 0.314 e. The van der Waals surface area contributed by atoms with Crippen molar-refractivity contribution in [3.8, 4) is 11.5 Å². The van der Waals surface area contributed by atoms with E-state index in [1.807, 2.05) is 45.3 Å². The lowest BCUT2D eigenvalue weighted by molar-refractivity contribution is 0.116. The third-order valence-corrected chi connectivity index (χ3v) is 5.44. The highest BCUT2D eigenvalue weighted by Gasteiger charge is 2.19. The van der Waals surface area contributed by atoms with Crippen molar-refractivity contribution >= 4 is 22.9 Å². The normalized spacial score (nSPS) is 12.5. The summed E-state index contributed by atoms with van der Waals surface area (Å²) >= 11 is 0. The molecule has 164 valence electrons. The molecule has 0 saturated carbocycles. The second-order valence-corrected chi connectivity index (χ2v) is 8.24. The molecule has 0 fully saturated rings. The van der Waals surface area contributed by atoms with Crippen LogP contribution >= 0.6 is 0 Å². The Bertz CT molecular complexity index is 1060. The second-order valence-electron chi connectivity index (χ2n) is 6.58. The molecule has 2 heterocycles. The lowest BCUT2D eigenvalue weighted by Crippen LogP contribution is -2.28. The van der Waals surface area contributed by atoms with Gasteiger partial charge in [0.25, 0.3) is 5.89 Å². The average molecular weight is 448 g/mol. The predicted molar refractivity (Wildman–Crippen MR) is 115 cm³/mol. The number of hydrogen-bond acceptors (Lipinski definition) is 7. The fourth-order valence-electron chi connectivity index (χ4n) is 2.66. The molecule has 11 heteroatoms. The molecule has 0 bridgehead atoms. The Balaban J connectivity index is 1.86. The first-order chi connectivity index (χ1) is 14.9. The highest BCUT2D eigenvalue weighted by atomic mass is 32.2. The van der Waals surface area contributed by atoms with Crippen LogP contribution in [-0.4, -0.2) is 50.5 Å². The van der Waals surface area contributed by atoms with Crippen LogP contribution in [0, 0.1) is 0 Å². The van der Waals surface area contributed by atoms with Gasteiger partial charge in [0.1, 0.15) is 11.0 Å². The SMILES string of the molecule is CCS(=O)N(Cc1ccc(-c2nnc(C(F)F)o2)cn1)c1ccccc1/C=N\N(C)C. The summed E-state index contributed by atoms with van der Waals surface area (Å²) in [6, 6.07) is 10.9. The average Bonchev–Trinajstić information content (AvgIpc) is 3.27. The van der Waals surface area contributed by atoms with Crippen molar-refractivity contribution in [3.63, 3.8) is 0 Å². The van der Waals surface area contributed by atoms with Crippen LogP contribution in [0.15, 0.2) is 52.1 Å². The van der Waals surface area contributed by atoms with Crippen LogP contribution in [-0.2, 0) is 17.5 Å². The summed E-state index contributed by atoms with van der Waals surface area (Å²) in [6.07, 6.45) is 0.342. The molecule has 0 radical (unpaired) electrons. The van der Waals surface area contributed by atoms with E-state index in [0.717, 1.165) is 11.3 Å². The summed E-state index contributed by atoms with van der Waals surface area (Å²) < 4.78 is 44.8. The van der Waals surface area contributed by atoms with E-state index in [9.17, 15) is 13.0 Å². The van der Waals surface area contributed by atoms with Crippen molar-refractivity contribution in [3.05, 3.63) is 59.7 Å². The Labute approximate surface area is 181 Å². The number of benzene rings is 1. The molecule has 0 saturated heterocycles. The third kappa shape index (κ3) is 5.69. The number of pyridine rings is 1. The van der Waals surface area contributed by atoms with Gasteiger partial charge in [-0.25, -0.2) is 4.21 Å². The van der Waals surface area contributed by atoms with Crippen LogP contribution < -0.4 is 4.31 Å². The van der Waals surface area contributed by atoms with Gasteiger partial charge in [-0.1, -0.05) is 25.1 Å². The first kappa shape index (κ1) is 22.5. The number of hydrazone groups is 1. The van der Waals surface area contributed by atoms with Gasteiger partial charge in [0, 0.05) is 31.6 Å². The van der Waals surface area contributed by atoms with E-state index in [0.29, 0.717) is 17.0 Å². The maximum absolute atomic E-state index is 12.8. The second kappa shape index (κ2) is 10.2. The zero-order valence-electron chi connectivity index (χ0n) is 17.3. The summed E-state index contributed by atoms with van der Waals surface area (Å²) in [5.41, 5.74) is 2.64. The van der Waals surface area contributed by atoms with Crippen LogP contribution in [0.2, 0.25) is 0 Å². The molecule has 8 nitrogen and oxygen atoms in total. The molecule has 0 spiro atoms. The van der Waals surface area contributed by atoms with Gasteiger partial charge in [-0.2, -0.15) is 13.9 Å². The van der Waals surface area contributed by atoms with Gasteiger partial charge in [-0.05, 0) is 18.2 Å². The molecule has 2 aromatic heterocycles. The van der Waals surface area contributed by atoms with Gasteiger partial charge >= 0.3 is 6.43 Å². The molecule has 0 amide bonds. The number of halogens is 2. The molecule has 1 atom stereocenters. The van der Waals surface area contributed by atoms with E-state index >= 15 is 0 Å². The van der Waals surface area contributed by atoms with Gasteiger partial charge in [-0.3, -0.25) is 9.29 Å². The monoisotopic (exact) mass is 448 g/mol. The number of anilines is 1. The zero-order valence-corrected chi connectivity index (χ0v) is 18.1. The summed E-state index contributed by atoms with van der Waals surface area (Å²) in [5, 5.41) is 12.9. The topological polar surface area (TPSA) is 87.7 Å². The number of rotatable bonds is 9. The minimum absolute atomic E-state index is 0.0337. The Kier molecular flexibility index (Phi) is 7.40. The van der Waals surface area contributed by atoms with Crippen LogP contribution in [0.5, 0.6) is 0 Å². The number of alkyl halides is 2. The lowest BCUT2D eigenvalue weighted by Gasteiger charge is -2.24. The van der Waals surface area contributed by atoms with Gasteiger partial charge in [-0.15, -0.1) is 10.2 Å².